The van der Waals surface area contributed by atoms with Crippen LogP contribution < -0.4 is 11.1 Å². The van der Waals surface area contributed by atoms with Gasteiger partial charge in [0.1, 0.15) is 5.69 Å². The quantitative estimate of drug-likeness (QED) is 0.599. The molecule has 3 N–H and O–H groups in total. The summed E-state index contributed by atoms with van der Waals surface area (Å²) in [5.74, 6) is -1.13. The number of esters is 1. The third-order valence-electron chi connectivity index (χ3n) is 5.76. The highest BCUT2D eigenvalue weighted by Crippen LogP contribution is 2.27. The number of primary amides is 1. The van der Waals surface area contributed by atoms with Crippen LogP contribution in [0.25, 0.3) is 0 Å². The number of nitrogens with zero attached hydrogens (tertiary/aromatic N) is 2. The summed E-state index contributed by atoms with van der Waals surface area (Å²) in [4.78, 5) is 36.7. The van der Waals surface area contributed by atoms with Crippen molar-refractivity contribution in [1.82, 2.24) is 15.1 Å². The van der Waals surface area contributed by atoms with Gasteiger partial charge in [0.05, 0.1) is 17.9 Å². The number of aromatic nitrogens is 2. The molecule has 0 aliphatic carbocycles. The maximum atomic E-state index is 12.9. The molecule has 1 aliphatic heterocycles. The minimum atomic E-state index is -0.551. The van der Waals surface area contributed by atoms with Crippen LogP contribution in [-0.4, -0.2) is 53.9 Å². The van der Waals surface area contributed by atoms with Crippen molar-refractivity contribution < 1.29 is 23.9 Å². The summed E-state index contributed by atoms with van der Waals surface area (Å²) in [7, 11) is 0. The molecule has 0 spiro atoms. The average molecular weight is 471 g/mol. The van der Waals surface area contributed by atoms with Crippen LogP contribution in [0.5, 0.6) is 0 Å². The number of carbonyl (C=O) groups excluding carboxylic acids is 3. The fraction of sp³-hybridized carbons (Fsp3) is 0.520. The van der Waals surface area contributed by atoms with E-state index in [1.54, 1.807) is 4.68 Å². The molecule has 9 heteroatoms. The van der Waals surface area contributed by atoms with E-state index in [2.05, 4.69) is 5.32 Å². The van der Waals surface area contributed by atoms with Crippen LogP contribution in [0.4, 0.5) is 0 Å². The zero-order valence-corrected chi connectivity index (χ0v) is 20.2. The van der Waals surface area contributed by atoms with Gasteiger partial charge in [-0.1, -0.05) is 13.8 Å². The number of carbonyl (C=O) groups is 3. The Bertz CT molecular complexity index is 1030. The summed E-state index contributed by atoms with van der Waals surface area (Å²) in [6.07, 6.45) is 2.82. The van der Waals surface area contributed by atoms with Gasteiger partial charge < -0.3 is 20.5 Å². The standard InChI is InChI=1S/C25H34N4O5/c1-4-29-21-19(7-5-13-33-14-6-12-27-23(21)31)20(28-29)15-25(2,3)16-34-24(32)18-10-8-17(9-11-18)22(26)30/h8-11H,4-7,12-16H2,1-3H3,(H2,26,30)(H,27,31). The number of aryl methyl sites for hydroxylation is 1. The molecule has 0 bridgehead atoms. The number of amides is 2. The van der Waals surface area contributed by atoms with Gasteiger partial charge >= 0.3 is 5.97 Å². The average Bonchev–Trinajstić information content (AvgIpc) is 3.13. The first-order valence-corrected chi connectivity index (χ1v) is 11.7. The third-order valence-corrected chi connectivity index (χ3v) is 5.76. The molecule has 1 aliphatic rings. The van der Waals surface area contributed by atoms with Gasteiger partial charge in [0.15, 0.2) is 0 Å². The van der Waals surface area contributed by atoms with Gasteiger partial charge in [0, 0.05) is 49.3 Å². The molecular formula is C25H34N4O5. The van der Waals surface area contributed by atoms with Crippen LogP contribution in [0.3, 0.4) is 0 Å². The van der Waals surface area contributed by atoms with Gasteiger partial charge in [0.2, 0.25) is 5.91 Å². The summed E-state index contributed by atoms with van der Waals surface area (Å²) in [5, 5.41) is 7.73. The first-order valence-electron chi connectivity index (χ1n) is 11.7. The predicted octanol–water partition coefficient (Wildman–Crippen LogP) is 2.51. The molecular weight excluding hydrogens is 436 g/mol. The number of nitrogens with two attached hydrogens (primary N) is 1. The molecule has 2 heterocycles. The second-order valence-electron chi connectivity index (χ2n) is 9.27. The molecule has 0 saturated heterocycles. The molecule has 1 aromatic heterocycles. The Morgan fingerprint density at radius 1 is 1.18 bits per heavy atom. The van der Waals surface area contributed by atoms with E-state index in [1.807, 2.05) is 20.8 Å². The Hall–Kier alpha value is -3.20. The van der Waals surface area contributed by atoms with Crippen LogP contribution in [0.2, 0.25) is 0 Å². The lowest BCUT2D eigenvalue weighted by molar-refractivity contribution is 0.0339. The fourth-order valence-corrected chi connectivity index (χ4v) is 3.97. The predicted molar refractivity (Wildman–Crippen MR) is 127 cm³/mol. The summed E-state index contributed by atoms with van der Waals surface area (Å²) in [5.41, 5.74) is 7.90. The smallest absolute Gasteiger partial charge is 0.338 e. The second-order valence-corrected chi connectivity index (χ2v) is 9.27. The maximum Gasteiger partial charge on any atom is 0.338 e. The summed E-state index contributed by atoms with van der Waals surface area (Å²) < 4.78 is 13.0. The van der Waals surface area contributed by atoms with Gasteiger partial charge in [-0.3, -0.25) is 14.3 Å². The highest BCUT2D eigenvalue weighted by Gasteiger charge is 2.29. The zero-order valence-electron chi connectivity index (χ0n) is 20.2. The molecule has 0 radical (unpaired) electrons. The highest BCUT2D eigenvalue weighted by molar-refractivity contribution is 5.95. The summed E-state index contributed by atoms with van der Waals surface area (Å²) in [6.45, 7) is 8.56. The number of benzene rings is 1. The normalized spacial score (nSPS) is 15.1. The van der Waals surface area contributed by atoms with E-state index in [0.717, 1.165) is 24.1 Å². The fourth-order valence-electron chi connectivity index (χ4n) is 3.97. The molecule has 3 rings (SSSR count). The lowest BCUT2D eigenvalue weighted by Gasteiger charge is -2.24. The van der Waals surface area contributed by atoms with Gasteiger partial charge in [-0.15, -0.1) is 0 Å². The van der Waals surface area contributed by atoms with E-state index in [4.69, 9.17) is 20.3 Å². The van der Waals surface area contributed by atoms with E-state index < -0.39 is 17.3 Å². The van der Waals surface area contributed by atoms with Crippen molar-refractivity contribution in [2.45, 2.75) is 53.0 Å². The van der Waals surface area contributed by atoms with Crippen molar-refractivity contribution in [3.05, 3.63) is 52.3 Å². The number of fused-ring (bicyclic) bond motifs is 1. The Balaban J connectivity index is 1.74. The minimum Gasteiger partial charge on any atom is -0.462 e. The third kappa shape index (κ3) is 6.44. The molecule has 1 aromatic carbocycles. The van der Waals surface area contributed by atoms with Crippen LogP contribution in [0, 0.1) is 5.41 Å². The molecule has 34 heavy (non-hydrogen) atoms. The molecule has 2 amide bonds. The topological polar surface area (TPSA) is 126 Å². The van der Waals surface area contributed by atoms with Crippen molar-refractivity contribution in [2.75, 3.05) is 26.4 Å². The van der Waals surface area contributed by atoms with Crippen LogP contribution >= 0.6 is 0 Å². The first kappa shape index (κ1) is 25.4. The van der Waals surface area contributed by atoms with Crippen molar-refractivity contribution in [2.24, 2.45) is 11.1 Å². The minimum absolute atomic E-state index is 0.110. The summed E-state index contributed by atoms with van der Waals surface area (Å²) >= 11 is 0. The van der Waals surface area contributed by atoms with Gasteiger partial charge in [-0.05, 0) is 50.5 Å². The van der Waals surface area contributed by atoms with Crippen molar-refractivity contribution in [3.63, 3.8) is 0 Å². The largest absolute Gasteiger partial charge is 0.462 e. The Morgan fingerprint density at radius 3 is 2.53 bits per heavy atom. The van der Waals surface area contributed by atoms with Crippen LogP contribution in [0.15, 0.2) is 24.3 Å². The number of nitrogens with one attached hydrogen (secondary N) is 1. The molecule has 2 aromatic rings. The van der Waals surface area contributed by atoms with Gasteiger partial charge in [-0.2, -0.15) is 5.10 Å². The van der Waals surface area contributed by atoms with Crippen LogP contribution in [-0.2, 0) is 28.9 Å². The van der Waals surface area contributed by atoms with E-state index >= 15 is 0 Å². The van der Waals surface area contributed by atoms with Crippen molar-refractivity contribution in [3.8, 4) is 0 Å². The zero-order chi connectivity index (χ0) is 24.7. The van der Waals surface area contributed by atoms with Crippen molar-refractivity contribution >= 4 is 17.8 Å². The van der Waals surface area contributed by atoms with Gasteiger partial charge in [-0.25, -0.2) is 4.79 Å². The molecule has 9 nitrogen and oxygen atoms in total. The lowest BCUT2D eigenvalue weighted by Crippen LogP contribution is -2.28. The Labute approximate surface area is 200 Å². The molecule has 0 atom stereocenters. The number of hydrogen-bond acceptors (Lipinski definition) is 6. The van der Waals surface area contributed by atoms with E-state index in [-0.39, 0.29) is 12.5 Å². The number of rotatable bonds is 7. The molecule has 0 fully saturated rings. The Kier molecular flexibility index (Phi) is 8.44. The second kappa shape index (κ2) is 11.3. The SMILES string of the molecule is CCn1nc(CC(C)(C)COC(=O)c2ccc(C(N)=O)cc2)c2c1C(=O)NCCCOCCC2. The monoisotopic (exact) mass is 470 g/mol. The first-order chi connectivity index (χ1) is 16.2. The summed E-state index contributed by atoms with van der Waals surface area (Å²) in [6, 6.07) is 6.05. The number of ether oxygens (including phenoxy) is 2. The van der Waals surface area contributed by atoms with E-state index in [1.165, 1.54) is 24.3 Å². The molecule has 184 valence electrons. The van der Waals surface area contributed by atoms with Crippen LogP contribution in [0.1, 0.15) is 76.1 Å². The molecule has 0 unspecified atom stereocenters. The van der Waals surface area contributed by atoms with E-state index in [9.17, 15) is 14.4 Å². The maximum absolute atomic E-state index is 12.9. The van der Waals surface area contributed by atoms with E-state index in [0.29, 0.717) is 56.0 Å². The molecule has 0 saturated carbocycles. The van der Waals surface area contributed by atoms with Crippen molar-refractivity contribution in [1.29, 1.82) is 0 Å². The highest BCUT2D eigenvalue weighted by atomic mass is 16.5. The Morgan fingerprint density at radius 2 is 1.85 bits per heavy atom. The number of hydrogen-bond donors (Lipinski definition) is 2. The van der Waals surface area contributed by atoms with Gasteiger partial charge in [0.25, 0.3) is 5.91 Å². The lowest BCUT2D eigenvalue weighted by atomic mass is 9.86.